The zero-order valence-corrected chi connectivity index (χ0v) is 10.9. The van der Waals surface area contributed by atoms with Crippen LogP contribution < -0.4 is 5.32 Å². The number of nitrogens with one attached hydrogen (secondary N) is 1. The Hall–Kier alpha value is -0.650. The van der Waals surface area contributed by atoms with Crippen molar-refractivity contribution in [2.75, 3.05) is 20.3 Å². The summed E-state index contributed by atoms with van der Waals surface area (Å²) in [5.41, 5.74) is -0.814. The number of rotatable bonds is 7. The van der Waals surface area contributed by atoms with Crippen LogP contribution in [0.4, 0.5) is 0 Å². The molecule has 0 aromatic heterocycles. The molecule has 2 unspecified atom stereocenters. The second-order valence-corrected chi connectivity index (χ2v) is 4.91. The summed E-state index contributed by atoms with van der Waals surface area (Å²) in [6.45, 7) is 5.00. The fraction of sp³-hybridized carbons (Fsp3) is 0.917. The Morgan fingerprint density at radius 1 is 1.53 bits per heavy atom. The van der Waals surface area contributed by atoms with E-state index in [1.54, 1.807) is 7.11 Å². The highest BCUT2D eigenvalue weighted by Gasteiger charge is 2.46. The van der Waals surface area contributed by atoms with E-state index >= 15 is 0 Å². The lowest BCUT2D eigenvalue weighted by molar-refractivity contribution is -0.145. The summed E-state index contributed by atoms with van der Waals surface area (Å²) >= 11 is 0. The molecule has 1 rings (SSSR count). The predicted octanol–water partition coefficient (Wildman–Crippen LogP) is 1.02. The molecular formula is C12H23NO4. The fourth-order valence-electron chi connectivity index (χ4n) is 2.38. The Kier molecular flexibility index (Phi) is 5.36. The first-order valence-electron chi connectivity index (χ1n) is 6.12. The minimum Gasteiger partial charge on any atom is -0.480 e. The van der Waals surface area contributed by atoms with Gasteiger partial charge >= 0.3 is 5.97 Å². The lowest BCUT2D eigenvalue weighted by atomic mass is 9.96. The summed E-state index contributed by atoms with van der Waals surface area (Å²) in [5, 5.41) is 12.5. The van der Waals surface area contributed by atoms with E-state index in [2.05, 4.69) is 5.32 Å². The lowest BCUT2D eigenvalue weighted by Crippen LogP contribution is -2.53. The van der Waals surface area contributed by atoms with Crippen molar-refractivity contribution in [3.8, 4) is 0 Å². The average molecular weight is 245 g/mol. The maximum atomic E-state index is 11.4. The van der Waals surface area contributed by atoms with E-state index in [9.17, 15) is 9.90 Å². The van der Waals surface area contributed by atoms with Gasteiger partial charge < -0.3 is 14.6 Å². The van der Waals surface area contributed by atoms with E-state index in [0.29, 0.717) is 26.1 Å². The molecule has 0 aliphatic heterocycles. The average Bonchev–Trinajstić information content (AvgIpc) is 2.62. The number of methoxy groups -OCH3 is 1. The molecule has 0 aromatic carbocycles. The Balaban J connectivity index is 2.50. The molecule has 0 bridgehead atoms. The van der Waals surface area contributed by atoms with E-state index in [4.69, 9.17) is 9.47 Å². The second-order valence-electron chi connectivity index (χ2n) is 4.91. The largest absolute Gasteiger partial charge is 0.480 e. The monoisotopic (exact) mass is 245 g/mol. The van der Waals surface area contributed by atoms with Gasteiger partial charge in [-0.2, -0.15) is 0 Å². The zero-order chi connectivity index (χ0) is 12.9. The summed E-state index contributed by atoms with van der Waals surface area (Å²) in [4.78, 5) is 11.4. The van der Waals surface area contributed by atoms with Crippen LogP contribution >= 0.6 is 0 Å². The Labute approximate surface area is 102 Å². The number of ether oxygens (including phenoxy) is 2. The van der Waals surface area contributed by atoms with Crippen molar-refractivity contribution in [1.29, 1.82) is 0 Å². The standard InChI is InChI=1S/C12H23NO4/c1-9(2)13-12(11(14)15)5-4-10(8-12)17-7-6-16-3/h9-10,13H,4-8H2,1-3H3,(H,14,15). The number of hydrogen-bond acceptors (Lipinski definition) is 4. The Morgan fingerprint density at radius 3 is 2.76 bits per heavy atom. The van der Waals surface area contributed by atoms with Crippen LogP contribution in [-0.4, -0.2) is 49.1 Å². The molecule has 0 aromatic rings. The summed E-state index contributed by atoms with van der Waals surface area (Å²) < 4.78 is 10.5. The van der Waals surface area contributed by atoms with Gasteiger partial charge in [-0.25, -0.2) is 0 Å². The van der Waals surface area contributed by atoms with Crippen LogP contribution in [0.2, 0.25) is 0 Å². The van der Waals surface area contributed by atoms with Crippen LogP contribution in [0.25, 0.3) is 0 Å². The van der Waals surface area contributed by atoms with Crippen LogP contribution in [0.15, 0.2) is 0 Å². The van der Waals surface area contributed by atoms with Crippen molar-refractivity contribution in [1.82, 2.24) is 5.32 Å². The molecule has 5 heteroatoms. The molecule has 1 fully saturated rings. The van der Waals surface area contributed by atoms with Gasteiger partial charge in [0.15, 0.2) is 0 Å². The maximum Gasteiger partial charge on any atom is 0.324 e. The summed E-state index contributed by atoms with van der Waals surface area (Å²) in [7, 11) is 1.62. The summed E-state index contributed by atoms with van der Waals surface area (Å²) in [5.74, 6) is -0.774. The molecule has 0 heterocycles. The molecule has 0 radical (unpaired) electrons. The number of aliphatic carboxylic acids is 1. The van der Waals surface area contributed by atoms with Gasteiger partial charge in [-0.1, -0.05) is 0 Å². The molecule has 0 amide bonds. The van der Waals surface area contributed by atoms with Crippen LogP contribution in [0.5, 0.6) is 0 Å². The van der Waals surface area contributed by atoms with Gasteiger partial charge in [0.25, 0.3) is 0 Å². The van der Waals surface area contributed by atoms with Crippen molar-refractivity contribution >= 4 is 5.97 Å². The van der Waals surface area contributed by atoms with E-state index in [0.717, 1.165) is 6.42 Å². The molecule has 1 saturated carbocycles. The highest BCUT2D eigenvalue weighted by molar-refractivity contribution is 5.79. The normalized spacial score (nSPS) is 28.8. The number of carboxylic acid groups (broad SMARTS) is 1. The van der Waals surface area contributed by atoms with E-state index in [-0.39, 0.29) is 12.1 Å². The fourth-order valence-corrected chi connectivity index (χ4v) is 2.38. The highest BCUT2D eigenvalue weighted by atomic mass is 16.5. The number of carboxylic acids is 1. The molecule has 1 aliphatic rings. The molecule has 2 N–H and O–H groups in total. The molecule has 0 spiro atoms. The quantitative estimate of drug-likeness (QED) is 0.656. The number of hydrogen-bond donors (Lipinski definition) is 2. The van der Waals surface area contributed by atoms with Gasteiger partial charge in [0, 0.05) is 19.6 Å². The van der Waals surface area contributed by atoms with Crippen LogP contribution in [-0.2, 0) is 14.3 Å². The first kappa shape index (κ1) is 14.4. The van der Waals surface area contributed by atoms with Crippen molar-refractivity contribution in [3.63, 3.8) is 0 Å². The third kappa shape index (κ3) is 3.94. The minimum absolute atomic E-state index is 0.0208. The zero-order valence-electron chi connectivity index (χ0n) is 10.9. The molecule has 5 nitrogen and oxygen atoms in total. The van der Waals surface area contributed by atoms with E-state index < -0.39 is 11.5 Å². The molecule has 100 valence electrons. The summed E-state index contributed by atoms with van der Waals surface area (Å²) in [6.07, 6.45) is 1.96. The Morgan fingerprint density at radius 2 is 2.24 bits per heavy atom. The SMILES string of the molecule is COCCOC1CCC(NC(C)C)(C(=O)O)C1. The van der Waals surface area contributed by atoms with Crippen molar-refractivity contribution in [3.05, 3.63) is 0 Å². The van der Waals surface area contributed by atoms with Crippen molar-refractivity contribution in [2.45, 2.75) is 50.8 Å². The van der Waals surface area contributed by atoms with Gasteiger partial charge in [-0.05, 0) is 26.7 Å². The maximum absolute atomic E-state index is 11.4. The van der Waals surface area contributed by atoms with Gasteiger partial charge in [-0.3, -0.25) is 10.1 Å². The first-order valence-corrected chi connectivity index (χ1v) is 6.12. The minimum atomic E-state index is -0.814. The molecule has 1 aliphatic carbocycles. The Bertz CT molecular complexity index is 257. The van der Waals surface area contributed by atoms with Gasteiger partial charge in [0.1, 0.15) is 5.54 Å². The molecule has 17 heavy (non-hydrogen) atoms. The third-order valence-corrected chi connectivity index (χ3v) is 3.08. The molecule has 2 atom stereocenters. The van der Waals surface area contributed by atoms with Gasteiger partial charge in [0.05, 0.1) is 19.3 Å². The molecular weight excluding hydrogens is 222 g/mol. The van der Waals surface area contributed by atoms with Gasteiger partial charge in [-0.15, -0.1) is 0 Å². The van der Waals surface area contributed by atoms with Crippen LogP contribution in [0, 0.1) is 0 Å². The highest BCUT2D eigenvalue weighted by Crippen LogP contribution is 2.32. The van der Waals surface area contributed by atoms with Crippen molar-refractivity contribution in [2.24, 2.45) is 0 Å². The predicted molar refractivity (Wildman–Crippen MR) is 64.1 cm³/mol. The summed E-state index contributed by atoms with van der Waals surface area (Å²) in [6, 6.07) is 0.156. The topological polar surface area (TPSA) is 67.8 Å². The van der Waals surface area contributed by atoms with Crippen molar-refractivity contribution < 1.29 is 19.4 Å². The number of carbonyl (C=O) groups is 1. The first-order chi connectivity index (χ1) is 8.00. The van der Waals surface area contributed by atoms with Gasteiger partial charge in [0.2, 0.25) is 0 Å². The van der Waals surface area contributed by atoms with E-state index in [1.165, 1.54) is 0 Å². The van der Waals surface area contributed by atoms with Crippen LogP contribution in [0.3, 0.4) is 0 Å². The van der Waals surface area contributed by atoms with Crippen LogP contribution in [0.1, 0.15) is 33.1 Å². The third-order valence-electron chi connectivity index (χ3n) is 3.08. The second kappa shape index (κ2) is 6.33. The lowest BCUT2D eigenvalue weighted by Gasteiger charge is -2.28. The van der Waals surface area contributed by atoms with E-state index in [1.807, 2.05) is 13.8 Å². The molecule has 0 saturated heterocycles. The smallest absolute Gasteiger partial charge is 0.324 e.